The van der Waals surface area contributed by atoms with E-state index in [1.807, 2.05) is 31.2 Å². The highest BCUT2D eigenvalue weighted by Crippen LogP contribution is 2.27. The first-order chi connectivity index (χ1) is 12.1. The van der Waals surface area contributed by atoms with Crippen LogP contribution in [0.15, 0.2) is 48.5 Å². The Hall–Kier alpha value is -2.77. The van der Waals surface area contributed by atoms with Gasteiger partial charge < -0.3 is 5.32 Å². The van der Waals surface area contributed by atoms with Crippen molar-refractivity contribution in [2.45, 2.75) is 6.92 Å². The van der Waals surface area contributed by atoms with Crippen LogP contribution in [0.1, 0.15) is 16.2 Å². The molecule has 0 fully saturated rings. The minimum absolute atomic E-state index is 0.214. The topological polar surface area (TPSA) is 72.2 Å². The molecule has 0 unspecified atom stereocenters. The first kappa shape index (κ1) is 15.7. The van der Waals surface area contributed by atoms with Crippen molar-refractivity contribution in [1.82, 2.24) is 19.8 Å². The zero-order valence-electron chi connectivity index (χ0n) is 13.1. The SMILES string of the molecule is Cc1nnc2sc(-c3cccc(NC(=O)c4cccc(Cl)c4)c3)nn12. The second-order valence-electron chi connectivity index (χ2n) is 5.39. The van der Waals surface area contributed by atoms with Crippen molar-refractivity contribution in [1.29, 1.82) is 0 Å². The van der Waals surface area contributed by atoms with Gasteiger partial charge in [-0.3, -0.25) is 4.79 Å². The van der Waals surface area contributed by atoms with Crippen molar-refractivity contribution < 1.29 is 4.79 Å². The minimum Gasteiger partial charge on any atom is -0.322 e. The normalized spacial score (nSPS) is 11.0. The molecule has 8 heteroatoms. The minimum atomic E-state index is -0.214. The van der Waals surface area contributed by atoms with Crippen molar-refractivity contribution in [2.75, 3.05) is 5.32 Å². The van der Waals surface area contributed by atoms with Gasteiger partial charge in [-0.1, -0.05) is 41.1 Å². The van der Waals surface area contributed by atoms with E-state index < -0.39 is 0 Å². The molecule has 1 N–H and O–H groups in total. The van der Waals surface area contributed by atoms with Gasteiger partial charge in [0.1, 0.15) is 5.01 Å². The summed E-state index contributed by atoms with van der Waals surface area (Å²) in [6.07, 6.45) is 0. The van der Waals surface area contributed by atoms with Gasteiger partial charge in [0.05, 0.1) is 0 Å². The molecule has 0 aliphatic rings. The van der Waals surface area contributed by atoms with Gasteiger partial charge >= 0.3 is 0 Å². The van der Waals surface area contributed by atoms with Gasteiger partial charge in [0.15, 0.2) is 5.82 Å². The lowest BCUT2D eigenvalue weighted by molar-refractivity contribution is 0.102. The third-order valence-electron chi connectivity index (χ3n) is 3.60. The van der Waals surface area contributed by atoms with Crippen LogP contribution < -0.4 is 5.32 Å². The van der Waals surface area contributed by atoms with Crippen molar-refractivity contribution in [3.63, 3.8) is 0 Å². The molecule has 0 atom stereocenters. The van der Waals surface area contributed by atoms with Crippen LogP contribution in [0.4, 0.5) is 5.69 Å². The fraction of sp³-hybridized carbons (Fsp3) is 0.0588. The molecule has 4 rings (SSSR count). The van der Waals surface area contributed by atoms with Crippen molar-refractivity contribution >= 4 is 39.5 Å². The fourth-order valence-electron chi connectivity index (χ4n) is 2.39. The maximum atomic E-state index is 12.4. The van der Waals surface area contributed by atoms with E-state index in [-0.39, 0.29) is 5.91 Å². The van der Waals surface area contributed by atoms with Crippen LogP contribution in [0.3, 0.4) is 0 Å². The lowest BCUT2D eigenvalue weighted by atomic mass is 10.2. The van der Waals surface area contributed by atoms with Crippen LogP contribution in [0.2, 0.25) is 5.02 Å². The number of aromatic nitrogens is 4. The second kappa shape index (κ2) is 6.27. The van der Waals surface area contributed by atoms with E-state index in [4.69, 9.17) is 11.6 Å². The Morgan fingerprint density at radius 1 is 1.16 bits per heavy atom. The summed E-state index contributed by atoms with van der Waals surface area (Å²) in [5.74, 6) is 0.525. The van der Waals surface area contributed by atoms with E-state index in [1.165, 1.54) is 11.3 Å². The first-order valence-electron chi connectivity index (χ1n) is 7.46. The van der Waals surface area contributed by atoms with E-state index in [0.717, 1.165) is 21.4 Å². The third-order valence-corrected chi connectivity index (χ3v) is 4.78. The van der Waals surface area contributed by atoms with E-state index in [2.05, 4.69) is 20.6 Å². The number of nitrogens with zero attached hydrogens (tertiary/aromatic N) is 4. The predicted octanol–water partition coefficient (Wildman–Crippen LogP) is 4.07. The summed E-state index contributed by atoms with van der Waals surface area (Å²) >= 11 is 7.38. The summed E-state index contributed by atoms with van der Waals surface area (Å²) < 4.78 is 1.71. The van der Waals surface area contributed by atoms with Crippen molar-refractivity contribution in [3.05, 3.63) is 64.9 Å². The van der Waals surface area contributed by atoms with Crippen molar-refractivity contribution in [2.24, 2.45) is 0 Å². The number of carbonyl (C=O) groups is 1. The highest BCUT2D eigenvalue weighted by molar-refractivity contribution is 7.19. The number of benzene rings is 2. The number of halogens is 1. The lowest BCUT2D eigenvalue weighted by Crippen LogP contribution is -2.11. The molecule has 2 heterocycles. The average Bonchev–Trinajstić information content (AvgIpc) is 3.17. The second-order valence-corrected chi connectivity index (χ2v) is 6.79. The maximum Gasteiger partial charge on any atom is 0.255 e. The highest BCUT2D eigenvalue weighted by Gasteiger charge is 2.12. The summed E-state index contributed by atoms with van der Waals surface area (Å²) in [4.78, 5) is 13.1. The summed E-state index contributed by atoms with van der Waals surface area (Å²) in [5.41, 5.74) is 2.09. The Labute approximate surface area is 152 Å². The Bertz CT molecular complexity index is 1090. The molecular formula is C17H12ClN5OS. The van der Waals surface area contributed by atoms with E-state index in [0.29, 0.717) is 16.3 Å². The molecular weight excluding hydrogens is 358 g/mol. The number of anilines is 1. The number of hydrogen-bond donors (Lipinski definition) is 1. The smallest absolute Gasteiger partial charge is 0.255 e. The van der Waals surface area contributed by atoms with Gasteiger partial charge in [0, 0.05) is 21.8 Å². The lowest BCUT2D eigenvalue weighted by Gasteiger charge is -2.06. The molecule has 0 saturated carbocycles. The Morgan fingerprint density at radius 2 is 2.00 bits per heavy atom. The highest BCUT2D eigenvalue weighted by atomic mass is 35.5. The standard InChI is InChI=1S/C17H12ClN5OS/c1-10-20-21-17-23(10)22-16(25-17)12-5-3-7-14(9-12)19-15(24)11-4-2-6-13(18)8-11/h2-9H,1H3,(H,19,24). The van der Waals surface area contributed by atoms with Gasteiger partial charge in [0.25, 0.3) is 5.91 Å². The molecule has 0 aliphatic heterocycles. The molecule has 0 bridgehead atoms. The summed E-state index contributed by atoms with van der Waals surface area (Å²) in [6.45, 7) is 1.85. The molecule has 2 aromatic heterocycles. The van der Waals surface area contributed by atoms with Crippen LogP contribution in [-0.4, -0.2) is 25.7 Å². The van der Waals surface area contributed by atoms with Crippen LogP contribution in [-0.2, 0) is 0 Å². The number of aryl methyl sites for hydroxylation is 1. The van der Waals surface area contributed by atoms with Crippen LogP contribution in [0.5, 0.6) is 0 Å². The molecule has 25 heavy (non-hydrogen) atoms. The number of rotatable bonds is 3. The third kappa shape index (κ3) is 3.11. The molecule has 0 aliphatic carbocycles. The molecule has 1 amide bonds. The number of fused-ring (bicyclic) bond motifs is 1. The summed E-state index contributed by atoms with van der Waals surface area (Å²) in [6, 6.07) is 14.3. The molecule has 124 valence electrons. The molecule has 0 radical (unpaired) electrons. The molecule has 0 spiro atoms. The monoisotopic (exact) mass is 369 g/mol. The zero-order chi connectivity index (χ0) is 17.4. The van der Waals surface area contributed by atoms with E-state index in [1.54, 1.807) is 28.8 Å². The zero-order valence-corrected chi connectivity index (χ0v) is 14.7. The van der Waals surface area contributed by atoms with Gasteiger partial charge in [0.2, 0.25) is 4.96 Å². The van der Waals surface area contributed by atoms with Crippen molar-refractivity contribution in [3.8, 4) is 10.6 Å². The number of hydrogen-bond acceptors (Lipinski definition) is 5. The van der Waals surface area contributed by atoms with E-state index in [9.17, 15) is 4.79 Å². The Morgan fingerprint density at radius 3 is 2.80 bits per heavy atom. The van der Waals surface area contributed by atoms with Crippen LogP contribution in [0, 0.1) is 6.92 Å². The number of nitrogens with one attached hydrogen (secondary N) is 1. The largest absolute Gasteiger partial charge is 0.322 e. The van der Waals surface area contributed by atoms with Gasteiger partial charge in [-0.15, -0.1) is 10.2 Å². The molecule has 4 aromatic rings. The summed E-state index contributed by atoms with van der Waals surface area (Å²) in [5, 5.41) is 16.8. The van der Waals surface area contributed by atoms with Crippen LogP contribution >= 0.6 is 22.9 Å². The van der Waals surface area contributed by atoms with Crippen LogP contribution in [0.25, 0.3) is 15.5 Å². The quantitative estimate of drug-likeness (QED) is 0.591. The van der Waals surface area contributed by atoms with Gasteiger partial charge in [-0.25, -0.2) is 0 Å². The number of carbonyl (C=O) groups excluding carboxylic acids is 1. The molecule has 0 saturated heterocycles. The molecule has 2 aromatic carbocycles. The Balaban J connectivity index is 1.61. The van der Waals surface area contributed by atoms with Gasteiger partial charge in [-0.2, -0.15) is 9.61 Å². The predicted molar refractivity (Wildman–Crippen MR) is 98.2 cm³/mol. The fourth-order valence-corrected chi connectivity index (χ4v) is 3.47. The maximum absolute atomic E-state index is 12.4. The summed E-state index contributed by atoms with van der Waals surface area (Å²) in [7, 11) is 0. The van der Waals surface area contributed by atoms with Gasteiger partial charge in [-0.05, 0) is 37.3 Å². The van der Waals surface area contributed by atoms with E-state index >= 15 is 0 Å². The average molecular weight is 370 g/mol. The Kier molecular flexibility index (Phi) is 3.95. The first-order valence-corrected chi connectivity index (χ1v) is 8.66. The molecule has 6 nitrogen and oxygen atoms in total. The number of amides is 1.